The summed E-state index contributed by atoms with van der Waals surface area (Å²) in [6.45, 7) is 0.708. The van der Waals surface area contributed by atoms with E-state index in [1.165, 1.54) is 0 Å². The molecule has 2 rings (SSSR count). The molecule has 5 heteroatoms. The standard InChI is InChI=1S/C9H12F2O3/c10-9(11)5-8(9,7(12)13)6-2-1-3-14-4-6/h6H,1-5H2,(H,12,13). The molecule has 3 nitrogen and oxygen atoms in total. The van der Waals surface area contributed by atoms with E-state index in [4.69, 9.17) is 9.84 Å². The lowest BCUT2D eigenvalue weighted by Crippen LogP contribution is -2.36. The number of halogens is 2. The summed E-state index contributed by atoms with van der Waals surface area (Å²) in [5, 5.41) is 8.86. The number of hydrogen-bond acceptors (Lipinski definition) is 2. The summed E-state index contributed by atoms with van der Waals surface area (Å²) in [6, 6.07) is 0. The number of alkyl halides is 2. The van der Waals surface area contributed by atoms with E-state index in [0.717, 1.165) is 0 Å². The van der Waals surface area contributed by atoms with Gasteiger partial charge in [0.15, 0.2) is 0 Å². The molecule has 2 atom stereocenters. The third-order valence-electron chi connectivity index (χ3n) is 3.27. The van der Waals surface area contributed by atoms with Crippen LogP contribution < -0.4 is 0 Å². The van der Waals surface area contributed by atoms with Gasteiger partial charge in [0.2, 0.25) is 0 Å². The van der Waals surface area contributed by atoms with Crippen molar-refractivity contribution in [2.75, 3.05) is 13.2 Å². The fourth-order valence-electron chi connectivity index (χ4n) is 2.29. The van der Waals surface area contributed by atoms with Crippen LogP contribution in [0.15, 0.2) is 0 Å². The first kappa shape index (κ1) is 9.83. The van der Waals surface area contributed by atoms with Crippen LogP contribution >= 0.6 is 0 Å². The molecular weight excluding hydrogens is 194 g/mol. The van der Waals surface area contributed by atoms with Crippen LogP contribution in [0.1, 0.15) is 19.3 Å². The second-order valence-electron chi connectivity index (χ2n) is 4.07. The molecule has 1 saturated carbocycles. The van der Waals surface area contributed by atoms with Gasteiger partial charge in [0, 0.05) is 18.9 Å². The van der Waals surface area contributed by atoms with Crippen molar-refractivity contribution in [3.05, 3.63) is 0 Å². The molecule has 0 amide bonds. The van der Waals surface area contributed by atoms with Gasteiger partial charge in [-0.15, -0.1) is 0 Å². The van der Waals surface area contributed by atoms with Crippen LogP contribution in [0.25, 0.3) is 0 Å². The SMILES string of the molecule is O=C(O)C1(C2CCCOC2)CC1(F)F. The number of carboxylic acids is 1. The summed E-state index contributed by atoms with van der Waals surface area (Å²) in [5.74, 6) is -4.94. The summed E-state index contributed by atoms with van der Waals surface area (Å²) in [5.41, 5.74) is -1.83. The minimum Gasteiger partial charge on any atom is -0.481 e. The molecule has 1 saturated heterocycles. The van der Waals surface area contributed by atoms with Gasteiger partial charge in [0.1, 0.15) is 5.41 Å². The number of carbonyl (C=O) groups is 1. The second-order valence-corrected chi connectivity index (χ2v) is 4.07. The minimum absolute atomic E-state index is 0.155. The molecule has 0 bridgehead atoms. The molecule has 2 fully saturated rings. The first-order valence-corrected chi connectivity index (χ1v) is 4.70. The number of aliphatic carboxylic acids is 1. The normalized spacial score (nSPS) is 40.6. The highest BCUT2D eigenvalue weighted by molar-refractivity contribution is 5.81. The second kappa shape index (κ2) is 2.89. The molecule has 1 N–H and O–H groups in total. The monoisotopic (exact) mass is 206 g/mol. The summed E-state index contributed by atoms with van der Waals surface area (Å²) in [7, 11) is 0. The molecule has 0 aromatic carbocycles. The quantitative estimate of drug-likeness (QED) is 0.745. The van der Waals surface area contributed by atoms with E-state index in [9.17, 15) is 13.6 Å². The molecule has 0 aromatic heterocycles. The highest BCUT2D eigenvalue weighted by atomic mass is 19.3. The van der Waals surface area contributed by atoms with Crippen molar-refractivity contribution in [1.29, 1.82) is 0 Å². The third kappa shape index (κ3) is 1.15. The van der Waals surface area contributed by atoms with Crippen LogP contribution in [0, 0.1) is 11.3 Å². The van der Waals surface area contributed by atoms with Gasteiger partial charge in [0.25, 0.3) is 5.92 Å². The van der Waals surface area contributed by atoms with Gasteiger partial charge in [-0.1, -0.05) is 0 Å². The largest absolute Gasteiger partial charge is 0.481 e. The molecule has 2 unspecified atom stereocenters. The Balaban J connectivity index is 2.17. The van der Waals surface area contributed by atoms with Crippen molar-refractivity contribution in [3.63, 3.8) is 0 Å². The van der Waals surface area contributed by atoms with Crippen molar-refractivity contribution in [1.82, 2.24) is 0 Å². The van der Waals surface area contributed by atoms with Crippen LogP contribution in [0.5, 0.6) is 0 Å². The number of hydrogen-bond donors (Lipinski definition) is 1. The van der Waals surface area contributed by atoms with Crippen molar-refractivity contribution < 1.29 is 23.4 Å². The first-order valence-electron chi connectivity index (χ1n) is 4.70. The van der Waals surface area contributed by atoms with Gasteiger partial charge in [-0.05, 0) is 12.8 Å². The molecule has 14 heavy (non-hydrogen) atoms. The maximum atomic E-state index is 13.1. The highest BCUT2D eigenvalue weighted by Gasteiger charge is 2.79. The Labute approximate surface area is 80.0 Å². The zero-order valence-corrected chi connectivity index (χ0v) is 7.63. The number of carboxylic acid groups (broad SMARTS) is 1. The molecule has 1 heterocycles. The molecule has 0 aromatic rings. The minimum atomic E-state index is -3.04. The van der Waals surface area contributed by atoms with Crippen LogP contribution in [0.3, 0.4) is 0 Å². The highest BCUT2D eigenvalue weighted by Crippen LogP contribution is 2.66. The maximum Gasteiger partial charge on any atom is 0.316 e. The molecule has 0 radical (unpaired) electrons. The van der Waals surface area contributed by atoms with Crippen molar-refractivity contribution >= 4 is 5.97 Å². The Morgan fingerprint density at radius 3 is 2.50 bits per heavy atom. The zero-order valence-electron chi connectivity index (χ0n) is 7.63. The topological polar surface area (TPSA) is 46.5 Å². The zero-order chi connectivity index (χ0) is 10.4. The first-order chi connectivity index (χ1) is 6.51. The van der Waals surface area contributed by atoms with E-state index in [1.807, 2.05) is 0 Å². The van der Waals surface area contributed by atoms with Crippen LogP contribution in [-0.4, -0.2) is 30.2 Å². The van der Waals surface area contributed by atoms with E-state index in [1.54, 1.807) is 0 Å². The molecule has 80 valence electrons. The van der Waals surface area contributed by atoms with Gasteiger partial charge in [-0.2, -0.15) is 0 Å². The molecule has 1 aliphatic carbocycles. The van der Waals surface area contributed by atoms with Gasteiger partial charge in [-0.25, -0.2) is 8.78 Å². The van der Waals surface area contributed by atoms with Crippen molar-refractivity contribution in [2.45, 2.75) is 25.2 Å². The number of ether oxygens (including phenoxy) is 1. The van der Waals surface area contributed by atoms with E-state index >= 15 is 0 Å². The Morgan fingerprint density at radius 1 is 1.50 bits per heavy atom. The fourth-order valence-corrected chi connectivity index (χ4v) is 2.29. The Bertz CT molecular complexity index is 261. The van der Waals surface area contributed by atoms with Crippen molar-refractivity contribution in [3.8, 4) is 0 Å². The van der Waals surface area contributed by atoms with Gasteiger partial charge in [-0.3, -0.25) is 4.79 Å². The van der Waals surface area contributed by atoms with E-state index in [0.29, 0.717) is 19.4 Å². The molecular formula is C9H12F2O3. The van der Waals surface area contributed by atoms with Crippen molar-refractivity contribution in [2.24, 2.45) is 11.3 Å². The fraction of sp³-hybridized carbons (Fsp3) is 0.889. The average Bonchev–Trinajstić information content (AvgIpc) is 2.72. The predicted octanol–water partition coefficient (Wildman–Crippen LogP) is 1.52. The smallest absolute Gasteiger partial charge is 0.316 e. The van der Waals surface area contributed by atoms with Gasteiger partial charge >= 0.3 is 5.97 Å². The molecule has 1 aliphatic heterocycles. The predicted molar refractivity (Wildman–Crippen MR) is 43.2 cm³/mol. The summed E-state index contributed by atoms with van der Waals surface area (Å²) >= 11 is 0. The summed E-state index contributed by atoms with van der Waals surface area (Å²) < 4.78 is 31.2. The molecule has 2 aliphatic rings. The van der Waals surface area contributed by atoms with E-state index < -0.39 is 29.6 Å². The number of rotatable bonds is 2. The van der Waals surface area contributed by atoms with Gasteiger partial charge in [0.05, 0.1) is 6.61 Å². The van der Waals surface area contributed by atoms with E-state index in [2.05, 4.69) is 0 Å². The summed E-state index contributed by atoms with van der Waals surface area (Å²) in [4.78, 5) is 10.9. The Morgan fingerprint density at radius 2 is 2.14 bits per heavy atom. The lowest BCUT2D eigenvalue weighted by atomic mass is 9.84. The Kier molecular flexibility index (Phi) is 2.03. The lowest BCUT2D eigenvalue weighted by Gasteiger charge is -2.27. The maximum absolute atomic E-state index is 13.1. The van der Waals surface area contributed by atoms with E-state index in [-0.39, 0.29) is 6.61 Å². The Hall–Kier alpha value is -0.710. The van der Waals surface area contributed by atoms with Crippen LogP contribution in [-0.2, 0) is 9.53 Å². The van der Waals surface area contributed by atoms with Crippen LogP contribution in [0.4, 0.5) is 8.78 Å². The average molecular weight is 206 g/mol. The van der Waals surface area contributed by atoms with Gasteiger partial charge < -0.3 is 9.84 Å². The lowest BCUT2D eigenvalue weighted by molar-refractivity contribution is -0.154. The third-order valence-corrected chi connectivity index (χ3v) is 3.27. The summed E-state index contributed by atoms with van der Waals surface area (Å²) in [6.07, 6.45) is 0.682. The van der Waals surface area contributed by atoms with Crippen LogP contribution in [0.2, 0.25) is 0 Å². The molecule has 0 spiro atoms.